The molecule has 2 aromatic carbocycles. The summed E-state index contributed by atoms with van der Waals surface area (Å²) in [6.07, 6.45) is 0. The van der Waals surface area contributed by atoms with Gasteiger partial charge in [0.25, 0.3) is 0 Å². The van der Waals surface area contributed by atoms with E-state index in [9.17, 15) is 8.42 Å². The van der Waals surface area contributed by atoms with E-state index in [1.54, 1.807) is 36.4 Å². The average Bonchev–Trinajstić information content (AvgIpc) is 2.80. The van der Waals surface area contributed by atoms with Gasteiger partial charge in [0, 0.05) is 4.96 Å². The maximum Gasteiger partial charge on any atom is 0.359 e. The molecule has 6 nitrogen and oxygen atoms in total. The average molecular weight is 289 g/mol. The van der Waals surface area contributed by atoms with Crippen LogP contribution in [-0.2, 0) is 10.1 Å². The van der Waals surface area contributed by atoms with Gasteiger partial charge in [-0.3, -0.25) is 0 Å². The predicted octanol–water partition coefficient (Wildman–Crippen LogP) is 1.56. The Hall–Kier alpha value is -2.41. The van der Waals surface area contributed by atoms with Crippen LogP contribution >= 0.6 is 0 Å². The molecule has 0 aliphatic rings. The summed E-state index contributed by atoms with van der Waals surface area (Å²) in [6.45, 7) is 1.87. The first-order valence-electron chi connectivity index (χ1n) is 5.88. The van der Waals surface area contributed by atoms with Gasteiger partial charge in [-0.15, -0.1) is 10.2 Å². The molecule has 0 amide bonds. The predicted molar refractivity (Wildman–Crippen MR) is 72.5 cm³/mol. The zero-order valence-electron chi connectivity index (χ0n) is 10.6. The molecule has 0 unspecified atom stereocenters. The summed E-state index contributed by atoms with van der Waals surface area (Å²) in [5.74, 6) is 0. The molecule has 0 fully saturated rings. The van der Waals surface area contributed by atoms with Crippen LogP contribution in [0.3, 0.4) is 0 Å². The van der Waals surface area contributed by atoms with Crippen molar-refractivity contribution in [3.63, 3.8) is 0 Å². The second kappa shape index (κ2) is 4.61. The summed E-state index contributed by atoms with van der Waals surface area (Å²) in [4.78, 5) is 0.782. The number of fused-ring (bicyclic) bond motifs is 1. The van der Waals surface area contributed by atoms with Crippen molar-refractivity contribution in [1.29, 1.82) is 0 Å². The molecule has 3 rings (SSSR count). The molecule has 0 spiro atoms. The Bertz CT molecular complexity index is 821. The van der Waals surface area contributed by atoms with Crippen LogP contribution < -0.4 is 4.28 Å². The van der Waals surface area contributed by atoms with Crippen LogP contribution in [0.2, 0.25) is 0 Å². The lowest BCUT2D eigenvalue weighted by Gasteiger charge is -2.04. The second-order valence-electron chi connectivity index (χ2n) is 4.28. The highest BCUT2D eigenvalue weighted by Crippen LogP contribution is 2.12. The fourth-order valence-corrected chi connectivity index (χ4v) is 2.51. The van der Waals surface area contributed by atoms with E-state index in [-0.39, 0.29) is 4.90 Å². The molecule has 1 aromatic heterocycles. The molecule has 0 atom stereocenters. The Morgan fingerprint density at radius 3 is 2.05 bits per heavy atom. The maximum atomic E-state index is 12.1. The van der Waals surface area contributed by atoms with E-state index in [0.29, 0.717) is 11.0 Å². The molecule has 0 aliphatic heterocycles. The Morgan fingerprint density at radius 2 is 1.50 bits per heavy atom. The minimum Gasteiger partial charge on any atom is -0.247 e. The van der Waals surface area contributed by atoms with Gasteiger partial charge in [-0.05, 0) is 31.2 Å². The van der Waals surface area contributed by atoms with E-state index >= 15 is 0 Å². The van der Waals surface area contributed by atoms with Gasteiger partial charge >= 0.3 is 10.1 Å². The number of aryl methyl sites for hydroxylation is 1. The molecular formula is C13H11N3O3S. The second-order valence-corrected chi connectivity index (χ2v) is 5.81. The highest BCUT2D eigenvalue weighted by molar-refractivity contribution is 7.87. The Morgan fingerprint density at radius 1 is 0.950 bits per heavy atom. The van der Waals surface area contributed by atoms with Gasteiger partial charge in [0.2, 0.25) is 0 Å². The van der Waals surface area contributed by atoms with Crippen molar-refractivity contribution in [2.45, 2.75) is 11.8 Å². The van der Waals surface area contributed by atoms with Crippen molar-refractivity contribution in [3.8, 4) is 0 Å². The lowest BCUT2D eigenvalue weighted by molar-refractivity contribution is 0.202. The minimum atomic E-state index is -3.94. The van der Waals surface area contributed by atoms with Crippen LogP contribution in [0, 0.1) is 6.92 Å². The summed E-state index contributed by atoms with van der Waals surface area (Å²) in [5.41, 5.74) is 2.09. The van der Waals surface area contributed by atoms with Crippen LogP contribution in [0.1, 0.15) is 5.56 Å². The zero-order chi connectivity index (χ0) is 14.2. The van der Waals surface area contributed by atoms with Crippen LogP contribution in [0.25, 0.3) is 11.0 Å². The van der Waals surface area contributed by atoms with Crippen LogP contribution in [0.5, 0.6) is 0 Å². The number of rotatable bonds is 3. The summed E-state index contributed by atoms with van der Waals surface area (Å²) >= 11 is 0. The molecule has 102 valence electrons. The van der Waals surface area contributed by atoms with E-state index in [2.05, 4.69) is 10.2 Å². The van der Waals surface area contributed by atoms with Crippen molar-refractivity contribution in [3.05, 3.63) is 54.1 Å². The SMILES string of the molecule is Cc1ccc(S(=O)(=O)On2nc3ccccc3n2)cc1. The third-order valence-electron chi connectivity index (χ3n) is 2.74. The zero-order valence-corrected chi connectivity index (χ0v) is 11.4. The van der Waals surface area contributed by atoms with Crippen molar-refractivity contribution in [2.75, 3.05) is 0 Å². The van der Waals surface area contributed by atoms with E-state index < -0.39 is 10.1 Å². The third-order valence-corrected chi connectivity index (χ3v) is 3.92. The molecule has 20 heavy (non-hydrogen) atoms. The lowest BCUT2D eigenvalue weighted by atomic mass is 10.2. The molecule has 7 heteroatoms. The van der Waals surface area contributed by atoms with Gasteiger partial charge in [-0.2, -0.15) is 8.42 Å². The van der Waals surface area contributed by atoms with E-state index in [1.807, 2.05) is 6.92 Å². The van der Waals surface area contributed by atoms with Gasteiger partial charge in [-0.1, -0.05) is 29.8 Å². The van der Waals surface area contributed by atoms with Crippen LogP contribution in [-0.4, -0.2) is 23.6 Å². The van der Waals surface area contributed by atoms with Crippen LogP contribution in [0.15, 0.2) is 53.4 Å². The van der Waals surface area contributed by atoms with E-state index in [4.69, 9.17) is 4.28 Å². The molecule has 0 radical (unpaired) electrons. The molecule has 0 bridgehead atoms. The quantitative estimate of drug-likeness (QED) is 0.731. The lowest BCUT2D eigenvalue weighted by Crippen LogP contribution is -2.22. The summed E-state index contributed by atoms with van der Waals surface area (Å²) in [6, 6.07) is 13.4. The van der Waals surface area contributed by atoms with Crippen molar-refractivity contribution >= 4 is 21.2 Å². The first kappa shape index (κ1) is 12.6. The molecule has 0 N–H and O–H groups in total. The Balaban J connectivity index is 1.94. The molecule has 1 heterocycles. The van der Waals surface area contributed by atoms with E-state index in [0.717, 1.165) is 10.5 Å². The number of hydrogen-bond acceptors (Lipinski definition) is 5. The van der Waals surface area contributed by atoms with Gasteiger partial charge in [0.15, 0.2) is 0 Å². The van der Waals surface area contributed by atoms with Gasteiger partial charge in [-0.25, -0.2) is 4.28 Å². The fraction of sp³-hybridized carbons (Fsp3) is 0.0769. The van der Waals surface area contributed by atoms with Crippen molar-refractivity contribution < 1.29 is 12.7 Å². The van der Waals surface area contributed by atoms with Gasteiger partial charge < -0.3 is 0 Å². The van der Waals surface area contributed by atoms with Gasteiger partial charge in [0.1, 0.15) is 15.9 Å². The topological polar surface area (TPSA) is 74.1 Å². The highest BCUT2D eigenvalue weighted by Gasteiger charge is 2.18. The summed E-state index contributed by atoms with van der Waals surface area (Å²) < 4.78 is 29.0. The number of hydrogen-bond donors (Lipinski definition) is 0. The van der Waals surface area contributed by atoms with Gasteiger partial charge in [0.05, 0.1) is 0 Å². The Kier molecular flexibility index (Phi) is 2.90. The molecule has 0 saturated heterocycles. The molecule has 3 aromatic rings. The highest BCUT2D eigenvalue weighted by atomic mass is 32.2. The molecule has 0 saturated carbocycles. The normalized spacial score (nSPS) is 11.7. The largest absolute Gasteiger partial charge is 0.359 e. The third kappa shape index (κ3) is 2.35. The standard InChI is InChI=1S/C13H11N3O3S/c1-10-6-8-11(9-7-10)20(17,18)19-16-14-12-4-2-3-5-13(12)15-16/h2-9H,1H3. The number of aromatic nitrogens is 3. The first-order chi connectivity index (χ1) is 9.54. The minimum absolute atomic E-state index is 0.0597. The first-order valence-corrected chi connectivity index (χ1v) is 7.29. The fourth-order valence-electron chi connectivity index (χ4n) is 1.71. The smallest absolute Gasteiger partial charge is 0.247 e. The summed E-state index contributed by atoms with van der Waals surface area (Å²) in [5, 5.41) is 7.89. The van der Waals surface area contributed by atoms with E-state index in [1.165, 1.54) is 12.1 Å². The number of nitrogens with zero attached hydrogens (tertiary/aromatic N) is 3. The number of benzene rings is 2. The summed E-state index contributed by atoms with van der Waals surface area (Å²) in [7, 11) is -3.94. The molecule has 0 aliphatic carbocycles. The molecular weight excluding hydrogens is 278 g/mol. The van der Waals surface area contributed by atoms with Crippen molar-refractivity contribution in [1.82, 2.24) is 15.2 Å². The van der Waals surface area contributed by atoms with Crippen LogP contribution in [0.4, 0.5) is 0 Å². The monoisotopic (exact) mass is 289 g/mol. The maximum absolute atomic E-state index is 12.1. The van der Waals surface area contributed by atoms with Crippen molar-refractivity contribution in [2.24, 2.45) is 0 Å². The Labute approximate surface area is 115 Å².